The third-order valence-corrected chi connectivity index (χ3v) is 3.17. The van der Waals surface area contributed by atoms with E-state index in [9.17, 15) is 14.4 Å². The van der Waals surface area contributed by atoms with E-state index >= 15 is 0 Å². The van der Waals surface area contributed by atoms with Crippen LogP contribution in [0.4, 0.5) is 4.79 Å². The third-order valence-electron chi connectivity index (χ3n) is 3.17. The molecule has 1 unspecified atom stereocenters. The molecule has 8 nitrogen and oxygen atoms in total. The minimum absolute atomic E-state index is 0.218. The van der Waals surface area contributed by atoms with E-state index in [1.165, 1.54) is 19.1 Å². The van der Waals surface area contributed by atoms with Gasteiger partial charge in [-0.25, -0.2) is 9.59 Å². The van der Waals surface area contributed by atoms with E-state index < -0.39 is 24.0 Å². The highest BCUT2D eigenvalue weighted by Crippen LogP contribution is 2.29. The molecule has 8 heteroatoms. The van der Waals surface area contributed by atoms with Gasteiger partial charge in [-0.2, -0.15) is 0 Å². The van der Waals surface area contributed by atoms with Gasteiger partial charge in [-0.15, -0.1) is 0 Å². The molecule has 1 aromatic carbocycles. The number of hydrogen-bond acceptors (Lipinski definition) is 6. The number of carbonyl (C=O) groups is 3. The van der Waals surface area contributed by atoms with Crippen LogP contribution >= 0.6 is 0 Å². The minimum atomic E-state index is -1.13. The molecule has 0 aliphatic rings. The molecule has 0 radical (unpaired) electrons. The molecule has 0 saturated heterocycles. The van der Waals surface area contributed by atoms with E-state index in [1.807, 2.05) is 13.8 Å². The highest BCUT2D eigenvalue weighted by Gasteiger charge is 2.21. The van der Waals surface area contributed by atoms with Gasteiger partial charge in [-0.3, -0.25) is 10.1 Å². The fourth-order valence-electron chi connectivity index (χ4n) is 1.93. The van der Waals surface area contributed by atoms with Crippen LogP contribution in [-0.4, -0.2) is 43.8 Å². The number of rotatable bonds is 9. The Kier molecular flexibility index (Phi) is 8.97. The van der Waals surface area contributed by atoms with Crippen LogP contribution in [0.5, 0.6) is 11.5 Å². The maximum Gasteiger partial charge on any atom is 0.339 e. The second-order valence-corrected chi connectivity index (χ2v) is 5.34. The predicted molar refractivity (Wildman–Crippen MR) is 95.5 cm³/mol. The van der Waals surface area contributed by atoms with Crippen LogP contribution in [0.1, 0.15) is 44.5 Å². The molecule has 0 aliphatic carbocycles. The van der Waals surface area contributed by atoms with Crippen molar-refractivity contribution in [1.82, 2.24) is 10.6 Å². The van der Waals surface area contributed by atoms with Gasteiger partial charge in [0, 0.05) is 6.54 Å². The molecule has 0 saturated carbocycles. The smallest absolute Gasteiger partial charge is 0.339 e. The first-order valence-corrected chi connectivity index (χ1v) is 8.62. The zero-order chi connectivity index (χ0) is 19.5. The van der Waals surface area contributed by atoms with Gasteiger partial charge in [0.1, 0.15) is 0 Å². The minimum Gasteiger partial charge on any atom is -0.490 e. The number of carbonyl (C=O) groups excluding carboxylic acids is 3. The van der Waals surface area contributed by atoms with E-state index in [0.717, 1.165) is 6.42 Å². The first-order valence-electron chi connectivity index (χ1n) is 8.62. The fraction of sp³-hybridized carbons (Fsp3) is 0.500. The Bertz CT molecular complexity index is 632. The Morgan fingerprint density at radius 2 is 1.81 bits per heavy atom. The molecule has 0 bridgehead atoms. The zero-order valence-electron chi connectivity index (χ0n) is 15.6. The lowest BCUT2D eigenvalue weighted by atomic mass is 10.2. The van der Waals surface area contributed by atoms with Crippen LogP contribution in [0, 0.1) is 0 Å². The second kappa shape index (κ2) is 11.0. The summed E-state index contributed by atoms with van der Waals surface area (Å²) >= 11 is 0. The average molecular weight is 366 g/mol. The molecular formula is C18H26N2O6. The van der Waals surface area contributed by atoms with Crippen molar-refractivity contribution in [2.75, 3.05) is 19.8 Å². The molecule has 1 rings (SSSR count). The summed E-state index contributed by atoms with van der Waals surface area (Å²) in [7, 11) is 0. The Morgan fingerprint density at radius 1 is 1.08 bits per heavy atom. The van der Waals surface area contributed by atoms with Gasteiger partial charge in [0.15, 0.2) is 17.6 Å². The number of esters is 1. The molecule has 2 N–H and O–H groups in total. The molecule has 1 aromatic rings. The van der Waals surface area contributed by atoms with E-state index in [1.54, 1.807) is 13.0 Å². The van der Waals surface area contributed by atoms with Crippen molar-refractivity contribution in [3.8, 4) is 11.5 Å². The van der Waals surface area contributed by atoms with Crippen molar-refractivity contribution in [3.05, 3.63) is 23.8 Å². The molecule has 3 amide bonds. The Balaban J connectivity index is 2.77. The number of ether oxygens (including phenoxy) is 3. The van der Waals surface area contributed by atoms with E-state index in [0.29, 0.717) is 31.3 Å². The highest BCUT2D eigenvalue weighted by atomic mass is 16.5. The zero-order valence-corrected chi connectivity index (χ0v) is 15.6. The van der Waals surface area contributed by atoms with Crippen LogP contribution in [-0.2, 0) is 9.53 Å². The van der Waals surface area contributed by atoms with E-state index in [-0.39, 0.29) is 5.56 Å². The summed E-state index contributed by atoms with van der Waals surface area (Å²) in [5.41, 5.74) is 0.218. The number of amides is 3. The predicted octanol–water partition coefficient (Wildman–Crippen LogP) is 2.27. The van der Waals surface area contributed by atoms with Gasteiger partial charge in [0.25, 0.3) is 5.91 Å². The van der Waals surface area contributed by atoms with Gasteiger partial charge in [-0.1, -0.05) is 6.92 Å². The van der Waals surface area contributed by atoms with E-state index in [4.69, 9.17) is 14.2 Å². The summed E-state index contributed by atoms with van der Waals surface area (Å²) in [5.74, 6) is -0.453. The Labute approximate surface area is 153 Å². The first kappa shape index (κ1) is 21.3. The quantitative estimate of drug-likeness (QED) is 0.650. The van der Waals surface area contributed by atoms with Gasteiger partial charge in [0.2, 0.25) is 0 Å². The van der Waals surface area contributed by atoms with Gasteiger partial charge in [-0.05, 0) is 45.4 Å². The maximum absolute atomic E-state index is 12.3. The van der Waals surface area contributed by atoms with Crippen molar-refractivity contribution in [2.24, 2.45) is 0 Å². The molecule has 1 atom stereocenters. The largest absolute Gasteiger partial charge is 0.490 e. The molecular weight excluding hydrogens is 340 g/mol. The molecule has 0 fully saturated rings. The van der Waals surface area contributed by atoms with Crippen LogP contribution < -0.4 is 20.1 Å². The summed E-state index contributed by atoms with van der Waals surface area (Å²) in [6.07, 6.45) is -0.287. The standard InChI is InChI=1S/C18H26N2O6/c1-5-10-25-14-9-8-13(11-15(14)24-7-3)17(22)26-12(4)16(21)20-18(23)19-6-2/h8-9,11-12H,5-7,10H2,1-4H3,(H2,19,20,21,23). The number of urea groups is 1. The van der Waals surface area contributed by atoms with Crippen LogP contribution in [0.3, 0.4) is 0 Å². The van der Waals surface area contributed by atoms with Crippen molar-refractivity contribution in [1.29, 1.82) is 0 Å². The van der Waals surface area contributed by atoms with Crippen molar-refractivity contribution < 1.29 is 28.6 Å². The van der Waals surface area contributed by atoms with E-state index in [2.05, 4.69) is 10.6 Å². The monoisotopic (exact) mass is 366 g/mol. The van der Waals surface area contributed by atoms with Gasteiger partial charge >= 0.3 is 12.0 Å². The van der Waals surface area contributed by atoms with Crippen molar-refractivity contribution in [2.45, 2.75) is 40.2 Å². The number of hydrogen-bond donors (Lipinski definition) is 2. The summed E-state index contributed by atoms with van der Waals surface area (Å²) in [6, 6.07) is 4.02. The summed E-state index contributed by atoms with van der Waals surface area (Å²) < 4.78 is 16.2. The second-order valence-electron chi connectivity index (χ2n) is 5.34. The molecule has 0 aromatic heterocycles. The van der Waals surface area contributed by atoms with Crippen LogP contribution in [0.25, 0.3) is 0 Å². The summed E-state index contributed by atoms with van der Waals surface area (Å²) in [4.78, 5) is 35.4. The van der Waals surface area contributed by atoms with Crippen molar-refractivity contribution in [3.63, 3.8) is 0 Å². The lowest BCUT2D eigenvalue weighted by molar-refractivity contribution is -0.127. The lowest BCUT2D eigenvalue weighted by Gasteiger charge is -2.15. The molecule has 0 heterocycles. The number of imide groups is 1. The summed E-state index contributed by atoms with van der Waals surface area (Å²) in [5, 5.41) is 4.51. The SMILES string of the molecule is CCCOc1ccc(C(=O)OC(C)C(=O)NC(=O)NCC)cc1OCC. The molecule has 0 spiro atoms. The number of benzene rings is 1. The molecule has 144 valence electrons. The van der Waals surface area contributed by atoms with Gasteiger partial charge in [0.05, 0.1) is 18.8 Å². The first-order chi connectivity index (χ1) is 12.4. The average Bonchev–Trinajstić information content (AvgIpc) is 2.60. The van der Waals surface area contributed by atoms with Crippen molar-refractivity contribution >= 4 is 17.9 Å². The topological polar surface area (TPSA) is 103 Å². The summed E-state index contributed by atoms with van der Waals surface area (Å²) in [6.45, 7) is 8.22. The van der Waals surface area contributed by atoms with Crippen LogP contribution in [0.15, 0.2) is 18.2 Å². The normalized spacial score (nSPS) is 11.2. The molecule has 26 heavy (non-hydrogen) atoms. The maximum atomic E-state index is 12.3. The lowest BCUT2D eigenvalue weighted by Crippen LogP contribution is -2.44. The Hall–Kier alpha value is -2.77. The van der Waals surface area contributed by atoms with Gasteiger partial charge < -0.3 is 19.5 Å². The highest BCUT2D eigenvalue weighted by molar-refractivity contribution is 5.98. The Morgan fingerprint density at radius 3 is 2.42 bits per heavy atom. The molecule has 0 aliphatic heterocycles. The number of nitrogens with one attached hydrogen (secondary N) is 2. The van der Waals surface area contributed by atoms with Crippen LogP contribution in [0.2, 0.25) is 0 Å². The third kappa shape index (κ3) is 6.62. The fourth-order valence-corrected chi connectivity index (χ4v) is 1.93.